The van der Waals surface area contributed by atoms with Crippen molar-refractivity contribution in [2.75, 3.05) is 0 Å². The number of Topliss-reactive ketones (excluding diaryl/α,β-unsaturated/α-hetero) is 1. The van der Waals surface area contributed by atoms with Gasteiger partial charge in [0, 0.05) is 16.6 Å². The van der Waals surface area contributed by atoms with E-state index in [9.17, 15) is 14.7 Å². The van der Waals surface area contributed by atoms with E-state index >= 15 is 0 Å². The van der Waals surface area contributed by atoms with Gasteiger partial charge in [0.05, 0.1) is 17.2 Å². The van der Waals surface area contributed by atoms with Crippen molar-refractivity contribution in [2.45, 2.75) is 25.7 Å². The third kappa shape index (κ3) is 1.99. The largest absolute Gasteiger partial charge is 0.478 e. The highest BCUT2D eigenvalue weighted by atomic mass is 16.4. The molecule has 2 aromatic rings. The van der Waals surface area contributed by atoms with E-state index in [1.165, 1.54) is 6.07 Å². The van der Waals surface area contributed by atoms with E-state index in [0.29, 0.717) is 23.1 Å². The normalized spacial score (nSPS) is 16.8. The quantitative estimate of drug-likeness (QED) is 0.864. The molecule has 25 heavy (non-hydrogen) atoms. The molecule has 2 aliphatic rings. The molecule has 0 saturated heterocycles. The van der Waals surface area contributed by atoms with Gasteiger partial charge in [-0.3, -0.25) is 4.79 Å². The number of benzene rings is 2. The molecule has 2 aliphatic carbocycles. The number of aromatic carboxylic acids is 1. The van der Waals surface area contributed by atoms with Crippen LogP contribution in [0.3, 0.4) is 0 Å². The Balaban J connectivity index is 1.94. The summed E-state index contributed by atoms with van der Waals surface area (Å²) in [7, 11) is 0. The number of carboxylic acids is 1. The van der Waals surface area contributed by atoms with Gasteiger partial charge in [0.25, 0.3) is 0 Å². The minimum absolute atomic E-state index is 0.0651. The van der Waals surface area contributed by atoms with Gasteiger partial charge in [0.1, 0.15) is 0 Å². The van der Waals surface area contributed by atoms with Crippen molar-refractivity contribution < 1.29 is 14.7 Å². The molecule has 0 radical (unpaired) electrons. The monoisotopic (exact) mass is 329 g/mol. The van der Waals surface area contributed by atoms with Gasteiger partial charge in [0.2, 0.25) is 0 Å². The maximum Gasteiger partial charge on any atom is 0.335 e. The summed E-state index contributed by atoms with van der Waals surface area (Å²) in [4.78, 5) is 24.4. The molecule has 122 valence electrons. The molecule has 0 aromatic heterocycles. The number of carbonyl (C=O) groups excluding carboxylic acids is 1. The second-order valence-electron chi connectivity index (χ2n) is 7.03. The van der Waals surface area contributed by atoms with Gasteiger partial charge in [-0.15, -0.1) is 0 Å². The van der Waals surface area contributed by atoms with Gasteiger partial charge in [0.15, 0.2) is 5.78 Å². The highest BCUT2D eigenvalue weighted by molar-refractivity contribution is 6.33. The van der Waals surface area contributed by atoms with Crippen LogP contribution in [0.2, 0.25) is 0 Å². The van der Waals surface area contributed by atoms with Crippen LogP contribution in [0.15, 0.2) is 42.0 Å². The molecule has 1 N–H and O–H groups in total. The number of ketones is 1. The minimum atomic E-state index is -1.00. The van der Waals surface area contributed by atoms with Gasteiger partial charge >= 0.3 is 5.97 Å². The Kier molecular flexibility index (Phi) is 3.01. The number of hydrogen-bond acceptors (Lipinski definition) is 3. The number of nitrogens with zero attached hydrogens (tertiary/aromatic N) is 1. The van der Waals surface area contributed by atoms with Crippen LogP contribution in [-0.2, 0) is 11.8 Å². The fourth-order valence-corrected chi connectivity index (χ4v) is 3.98. The maximum absolute atomic E-state index is 13.1. The maximum atomic E-state index is 13.1. The zero-order valence-corrected chi connectivity index (χ0v) is 13.9. The van der Waals surface area contributed by atoms with Crippen molar-refractivity contribution in [2.24, 2.45) is 0 Å². The van der Waals surface area contributed by atoms with E-state index in [4.69, 9.17) is 5.26 Å². The molecule has 0 atom stereocenters. The van der Waals surface area contributed by atoms with Gasteiger partial charge in [-0.1, -0.05) is 19.9 Å². The zero-order valence-electron chi connectivity index (χ0n) is 13.9. The first kappa shape index (κ1) is 15.3. The van der Waals surface area contributed by atoms with E-state index < -0.39 is 11.4 Å². The Bertz CT molecular complexity index is 1050. The third-order valence-corrected chi connectivity index (χ3v) is 5.34. The fraction of sp³-hybridized carbons (Fsp3) is 0.190. The topological polar surface area (TPSA) is 78.2 Å². The van der Waals surface area contributed by atoms with Crippen molar-refractivity contribution in [3.63, 3.8) is 0 Å². The van der Waals surface area contributed by atoms with Gasteiger partial charge < -0.3 is 5.11 Å². The summed E-state index contributed by atoms with van der Waals surface area (Å²) in [5.41, 5.74) is 5.21. The summed E-state index contributed by atoms with van der Waals surface area (Å²) in [5, 5.41) is 18.4. The molecule has 0 bridgehead atoms. The molecule has 2 aromatic carbocycles. The van der Waals surface area contributed by atoms with Gasteiger partial charge in [-0.2, -0.15) is 5.26 Å². The van der Waals surface area contributed by atoms with Crippen LogP contribution in [0.4, 0.5) is 0 Å². The van der Waals surface area contributed by atoms with Crippen LogP contribution in [0.25, 0.3) is 5.57 Å². The van der Waals surface area contributed by atoms with E-state index in [1.54, 1.807) is 18.2 Å². The molecule has 0 unspecified atom stereocenters. The molecule has 4 nitrogen and oxygen atoms in total. The molecule has 0 amide bonds. The van der Waals surface area contributed by atoms with Crippen molar-refractivity contribution >= 4 is 17.3 Å². The first-order valence-corrected chi connectivity index (χ1v) is 8.04. The van der Waals surface area contributed by atoms with Crippen LogP contribution in [0, 0.1) is 11.3 Å². The number of rotatable bonds is 1. The summed E-state index contributed by atoms with van der Waals surface area (Å²) in [6.45, 7) is 4.05. The Morgan fingerprint density at radius 1 is 1.16 bits per heavy atom. The summed E-state index contributed by atoms with van der Waals surface area (Å²) in [5.74, 6) is -1.07. The number of allylic oxidation sites excluding steroid dienone is 2. The lowest BCUT2D eigenvalue weighted by Crippen LogP contribution is -2.30. The number of nitriles is 1. The Labute approximate surface area is 145 Å². The van der Waals surface area contributed by atoms with Crippen LogP contribution in [0.5, 0.6) is 0 Å². The lowest BCUT2D eigenvalue weighted by Gasteiger charge is -2.34. The molecule has 0 spiro atoms. The molecule has 4 heteroatoms. The second-order valence-corrected chi connectivity index (χ2v) is 7.03. The van der Waals surface area contributed by atoms with Crippen molar-refractivity contribution in [1.29, 1.82) is 5.26 Å². The molecule has 0 heterocycles. The van der Waals surface area contributed by atoms with Gasteiger partial charge in [-0.25, -0.2) is 4.79 Å². The smallest absolute Gasteiger partial charge is 0.335 e. The van der Waals surface area contributed by atoms with Crippen molar-refractivity contribution in [1.82, 2.24) is 0 Å². The molecular weight excluding hydrogens is 314 g/mol. The van der Waals surface area contributed by atoms with Crippen LogP contribution < -0.4 is 0 Å². The van der Waals surface area contributed by atoms with E-state index in [-0.39, 0.29) is 11.3 Å². The number of fused-ring (bicyclic) bond motifs is 3. The average Bonchev–Trinajstić information content (AvgIpc) is 2.99. The molecule has 0 saturated carbocycles. The highest BCUT2D eigenvalue weighted by Crippen LogP contribution is 2.49. The molecule has 4 rings (SSSR count). The van der Waals surface area contributed by atoms with E-state index in [1.807, 2.05) is 26.0 Å². The standard InChI is InChI=1S/C21H15NO3/c1-21(2)16-8-12(20(24)25)4-6-15(16)19(23)18-14-5-3-11(10-22)7-13(14)9-17(18)21/h3-8H,9H2,1-2H3,(H,24,25). The Hall–Kier alpha value is -3.19. The predicted molar refractivity (Wildman–Crippen MR) is 92.5 cm³/mol. The van der Waals surface area contributed by atoms with E-state index in [2.05, 4.69) is 6.07 Å². The number of hydrogen-bond donors (Lipinski definition) is 1. The van der Waals surface area contributed by atoms with Crippen molar-refractivity contribution in [3.8, 4) is 6.07 Å². The summed E-state index contributed by atoms with van der Waals surface area (Å²) < 4.78 is 0. The number of carboxylic acid groups (broad SMARTS) is 1. The Morgan fingerprint density at radius 2 is 1.88 bits per heavy atom. The zero-order chi connectivity index (χ0) is 17.9. The fourth-order valence-electron chi connectivity index (χ4n) is 3.98. The summed E-state index contributed by atoms with van der Waals surface area (Å²) in [6.07, 6.45) is 0.607. The number of carbonyl (C=O) groups is 2. The van der Waals surface area contributed by atoms with Crippen molar-refractivity contribution in [3.05, 3.63) is 75.4 Å². The molecule has 0 aliphatic heterocycles. The lowest BCUT2D eigenvalue weighted by molar-refractivity contribution is 0.0696. The van der Waals surface area contributed by atoms with Gasteiger partial charge in [-0.05, 0) is 59.0 Å². The van der Waals surface area contributed by atoms with Crippen LogP contribution in [-0.4, -0.2) is 16.9 Å². The minimum Gasteiger partial charge on any atom is -0.478 e. The first-order valence-electron chi connectivity index (χ1n) is 8.04. The third-order valence-electron chi connectivity index (χ3n) is 5.34. The highest BCUT2D eigenvalue weighted by Gasteiger charge is 2.42. The Morgan fingerprint density at radius 3 is 2.56 bits per heavy atom. The first-order chi connectivity index (χ1) is 11.8. The summed E-state index contributed by atoms with van der Waals surface area (Å²) >= 11 is 0. The van der Waals surface area contributed by atoms with Crippen LogP contribution in [0.1, 0.15) is 56.8 Å². The molecular formula is C21H15NO3. The predicted octanol–water partition coefficient (Wildman–Crippen LogP) is 3.74. The lowest BCUT2D eigenvalue weighted by atomic mass is 9.68. The SMILES string of the molecule is CC1(C)C2=C(C(=O)c3ccc(C(=O)O)cc31)c1ccc(C#N)cc1C2. The second kappa shape index (κ2) is 4.90. The molecule has 0 fully saturated rings. The average molecular weight is 329 g/mol. The van der Waals surface area contributed by atoms with Crippen LogP contribution >= 0.6 is 0 Å². The summed E-state index contributed by atoms with van der Waals surface area (Å²) in [6, 6.07) is 12.3. The van der Waals surface area contributed by atoms with E-state index in [0.717, 1.165) is 22.3 Å².